The summed E-state index contributed by atoms with van der Waals surface area (Å²) in [6.45, 7) is 6.93. The molecule has 1 saturated heterocycles. The highest BCUT2D eigenvalue weighted by atomic mass is 16.1. The minimum absolute atomic E-state index is 0.0830. The molecular formula is C27H31N5O. The molecule has 4 aromatic rings. The Labute approximate surface area is 194 Å². The van der Waals surface area contributed by atoms with Crippen LogP contribution in [0.1, 0.15) is 47.8 Å². The summed E-state index contributed by atoms with van der Waals surface area (Å²) in [5.74, 6) is 0.0830. The summed E-state index contributed by atoms with van der Waals surface area (Å²) in [6.07, 6.45) is 3.56. The van der Waals surface area contributed by atoms with Gasteiger partial charge in [0.25, 0.3) is 0 Å². The van der Waals surface area contributed by atoms with E-state index >= 15 is 0 Å². The van der Waals surface area contributed by atoms with E-state index in [1.54, 1.807) is 0 Å². The Morgan fingerprint density at radius 1 is 1.03 bits per heavy atom. The number of nitrogens with zero attached hydrogens (tertiary/aromatic N) is 4. The van der Waals surface area contributed by atoms with Gasteiger partial charge in [0.05, 0.1) is 11.6 Å². The SMILES string of the molecule is Cc1nc2c3ccccc3nn2c(C)c1CCC(=O)NCC(c1ccccc1)N1CCCC1. The van der Waals surface area contributed by atoms with Crippen molar-refractivity contribution in [3.8, 4) is 0 Å². The van der Waals surface area contributed by atoms with Crippen LogP contribution in [-0.2, 0) is 11.2 Å². The Bertz CT molecular complexity index is 1270. The molecule has 5 rings (SSSR count). The van der Waals surface area contributed by atoms with Gasteiger partial charge in [0, 0.05) is 29.7 Å². The average molecular weight is 442 g/mol. The van der Waals surface area contributed by atoms with E-state index in [1.165, 1.54) is 18.4 Å². The number of hydrogen-bond donors (Lipinski definition) is 1. The van der Waals surface area contributed by atoms with Gasteiger partial charge in [-0.05, 0) is 69.5 Å². The number of aryl methyl sites for hydroxylation is 2. The number of amides is 1. The number of likely N-dealkylation sites (tertiary alicyclic amines) is 1. The van der Waals surface area contributed by atoms with E-state index in [4.69, 9.17) is 10.1 Å². The van der Waals surface area contributed by atoms with Crippen LogP contribution < -0.4 is 5.32 Å². The number of carbonyl (C=O) groups excluding carboxylic acids is 1. The Balaban J connectivity index is 1.28. The summed E-state index contributed by atoms with van der Waals surface area (Å²) in [7, 11) is 0. The number of fused-ring (bicyclic) bond motifs is 3. The van der Waals surface area contributed by atoms with Crippen LogP contribution in [0.15, 0.2) is 54.6 Å². The summed E-state index contributed by atoms with van der Waals surface area (Å²) >= 11 is 0. The second-order valence-corrected chi connectivity index (χ2v) is 8.99. The van der Waals surface area contributed by atoms with Crippen molar-refractivity contribution in [2.24, 2.45) is 0 Å². The molecule has 6 nitrogen and oxygen atoms in total. The van der Waals surface area contributed by atoms with E-state index in [1.807, 2.05) is 35.7 Å². The molecule has 170 valence electrons. The topological polar surface area (TPSA) is 62.5 Å². The lowest BCUT2D eigenvalue weighted by atomic mass is 10.0. The van der Waals surface area contributed by atoms with Crippen molar-refractivity contribution in [1.82, 2.24) is 24.8 Å². The lowest BCUT2D eigenvalue weighted by molar-refractivity contribution is -0.121. The van der Waals surface area contributed by atoms with E-state index in [2.05, 4.69) is 47.5 Å². The van der Waals surface area contributed by atoms with Crippen molar-refractivity contribution < 1.29 is 4.79 Å². The maximum absolute atomic E-state index is 12.8. The number of hydrogen-bond acceptors (Lipinski definition) is 4. The molecule has 6 heteroatoms. The summed E-state index contributed by atoms with van der Waals surface area (Å²) in [4.78, 5) is 20.1. The molecular weight excluding hydrogens is 410 g/mol. The van der Waals surface area contributed by atoms with Crippen molar-refractivity contribution in [2.45, 2.75) is 45.6 Å². The van der Waals surface area contributed by atoms with Gasteiger partial charge >= 0.3 is 0 Å². The van der Waals surface area contributed by atoms with Gasteiger partial charge < -0.3 is 5.32 Å². The van der Waals surface area contributed by atoms with Gasteiger partial charge in [0.15, 0.2) is 5.65 Å². The smallest absolute Gasteiger partial charge is 0.220 e. The zero-order valence-electron chi connectivity index (χ0n) is 19.4. The number of aromatic nitrogens is 3. The maximum atomic E-state index is 12.8. The van der Waals surface area contributed by atoms with Gasteiger partial charge in [-0.1, -0.05) is 42.5 Å². The molecule has 1 fully saturated rings. The molecule has 3 heterocycles. The van der Waals surface area contributed by atoms with Crippen molar-refractivity contribution in [3.05, 3.63) is 77.1 Å². The van der Waals surface area contributed by atoms with Gasteiger partial charge in [-0.15, -0.1) is 0 Å². The molecule has 1 unspecified atom stereocenters. The van der Waals surface area contributed by atoms with Crippen molar-refractivity contribution in [1.29, 1.82) is 0 Å². The number of nitrogens with one attached hydrogen (secondary N) is 1. The maximum Gasteiger partial charge on any atom is 0.220 e. The third-order valence-electron chi connectivity index (χ3n) is 6.88. The van der Waals surface area contributed by atoms with Gasteiger partial charge in [-0.3, -0.25) is 9.69 Å². The van der Waals surface area contributed by atoms with Crippen LogP contribution in [0.25, 0.3) is 16.6 Å². The molecule has 2 aromatic carbocycles. The lowest BCUT2D eigenvalue weighted by Crippen LogP contribution is -2.36. The highest BCUT2D eigenvalue weighted by Gasteiger charge is 2.24. The molecule has 1 N–H and O–H groups in total. The molecule has 1 aliphatic rings. The molecule has 33 heavy (non-hydrogen) atoms. The summed E-state index contributed by atoms with van der Waals surface area (Å²) in [5, 5.41) is 8.99. The number of carbonyl (C=O) groups is 1. The zero-order chi connectivity index (χ0) is 22.8. The molecule has 0 saturated carbocycles. The average Bonchev–Trinajstić information content (AvgIpc) is 3.49. The first-order valence-electron chi connectivity index (χ1n) is 11.9. The van der Waals surface area contributed by atoms with E-state index in [9.17, 15) is 4.79 Å². The zero-order valence-corrected chi connectivity index (χ0v) is 19.4. The first kappa shape index (κ1) is 21.6. The molecule has 0 aliphatic carbocycles. The fraction of sp³-hybridized carbons (Fsp3) is 0.370. The third-order valence-corrected chi connectivity index (χ3v) is 6.88. The highest BCUT2D eigenvalue weighted by molar-refractivity contribution is 5.92. The van der Waals surface area contributed by atoms with E-state index < -0.39 is 0 Å². The van der Waals surface area contributed by atoms with Crippen molar-refractivity contribution >= 4 is 22.5 Å². The van der Waals surface area contributed by atoms with E-state index in [0.717, 1.165) is 46.6 Å². The molecule has 2 aromatic heterocycles. The predicted octanol–water partition coefficient (Wildman–Crippen LogP) is 4.39. The first-order chi connectivity index (χ1) is 16.1. The second-order valence-electron chi connectivity index (χ2n) is 8.99. The monoisotopic (exact) mass is 441 g/mol. The highest BCUT2D eigenvalue weighted by Crippen LogP contribution is 2.25. The van der Waals surface area contributed by atoms with Crippen molar-refractivity contribution in [2.75, 3.05) is 19.6 Å². The molecule has 1 aliphatic heterocycles. The van der Waals surface area contributed by atoms with Crippen LogP contribution in [0.2, 0.25) is 0 Å². The second kappa shape index (κ2) is 9.32. The van der Waals surface area contributed by atoms with Gasteiger partial charge in [0.2, 0.25) is 5.91 Å². The van der Waals surface area contributed by atoms with Crippen LogP contribution in [0.4, 0.5) is 0 Å². The molecule has 1 atom stereocenters. The molecule has 0 radical (unpaired) electrons. The Morgan fingerprint density at radius 2 is 1.76 bits per heavy atom. The fourth-order valence-corrected chi connectivity index (χ4v) is 5.06. The normalized spacial score (nSPS) is 15.3. The van der Waals surface area contributed by atoms with Crippen LogP contribution in [0, 0.1) is 13.8 Å². The minimum Gasteiger partial charge on any atom is -0.354 e. The van der Waals surface area contributed by atoms with Crippen LogP contribution in [0.3, 0.4) is 0 Å². The number of rotatable bonds is 7. The van der Waals surface area contributed by atoms with E-state index in [0.29, 0.717) is 19.4 Å². The standard InChI is InChI=1S/C27H31N5O/c1-19-22(20(2)32-27(29-19)23-12-6-7-13-24(23)30-32)14-15-26(33)28-18-25(31-16-8-9-17-31)21-10-4-3-5-11-21/h3-7,10-13,25H,8-9,14-18H2,1-2H3,(H,28,33). The van der Waals surface area contributed by atoms with Gasteiger partial charge in [-0.2, -0.15) is 5.10 Å². The Hall–Kier alpha value is -3.25. The van der Waals surface area contributed by atoms with Gasteiger partial charge in [-0.25, -0.2) is 9.50 Å². The molecule has 1 amide bonds. The Morgan fingerprint density at radius 3 is 2.55 bits per heavy atom. The minimum atomic E-state index is 0.0830. The quantitative estimate of drug-likeness (QED) is 0.462. The van der Waals surface area contributed by atoms with Crippen LogP contribution in [0.5, 0.6) is 0 Å². The fourth-order valence-electron chi connectivity index (χ4n) is 5.06. The van der Waals surface area contributed by atoms with E-state index in [-0.39, 0.29) is 11.9 Å². The summed E-state index contributed by atoms with van der Waals surface area (Å²) in [6, 6.07) is 18.8. The lowest BCUT2D eigenvalue weighted by Gasteiger charge is -2.28. The number of benzene rings is 2. The van der Waals surface area contributed by atoms with Gasteiger partial charge in [0.1, 0.15) is 0 Å². The Kier molecular flexibility index (Phi) is 6.09. The molecule has 0 spiro atoms. The van der Waals surface area contributed by atoms with Crippen molar-refractivity contribution in [3.63, 3.8) is 0 Å². The summed E-state index contributed by atoms with van der Waals surface area (Å²) in [5.41, 5.74) is 6.22. The third kappa shape index (κ3) is 4.35. The predicted molar refractivity (Wildman–Crippen MR) is 131 cm³/mol. The summed E-state index contributed by atoms with van der Waals surface area (Å²) < 4.78 is 1.92. The first-order valence-corrected chi connectivity index (χ1v) is 11.9. The molecule has 0 bridgehead atoms. The van der Waals surface area contributed by atoms with Crippen LogP contribution >= 0.6 is 0 Å². The largest absolute Gasteiger partial charge is 0.354 e. The van der Waals surface area contributed by atoms with Crippen LogP contribution in [-0.4, -0.2) is 45.0 Å².